The second kappa shape index (κ2) is 40.8. The third-order valence-electron chi connectivity index (χ3n) is 9.30. The quantitative estimate of drug-likeness (QED) is 0.0218. The van der Waals surface area contributed by atoms with Crippen LogP contribution in [0.3, 0.4) is 0 Å². The number of nitrogens with zero attached hydrogens (tertiary/aromatic N) is 1. The number of ether oxygens (including phenoxy) is 3. The lowest BCUT2D eigenvalue weighted by atomic mass is 10.1. The Morgan fingerprint density at radius 3 is 1.56 bits per heavy atom. The number of hydrogen-bond acceptors (Lipinski definition) is 6. The summed E-state index contributed by atoms with van der Waals surface area (Å²) in [5, 5.41) is 9.62. The Morgan fingerprint density at radius 1 is 0.525 bits per heavy atom. The molecule has 0 fully saturated rings. The number of likely N-dealkylation sites (N-methyl/N-ethyl adjacent to an activating group) is 1. The van der Waals surface area contributed by atoms with Gasteiger partial charge in [0.1, 0.15) is 6.61 Å². The van der Waals surface area contributed by atoms with Crippen LogP contribution in [-0.4, -0.2) is 80.6 Å². The third kappa shape index (κ3) is 39.2. The molecule has 0 spiro atoms. The number of carbonyl (C=O) groups is 3. The molecule has 8 nitrogen and oxygen atoms in total. The van der Waals surface area contributed by atoms with Crippen LogP contribution < -0.4 is 0 Å². The summed E-state index contributed by atoms with van der Waals surface area (Å²) in [6.07, 6.45) is 55.8. The molecule has 0 bridgehead atoms. The molecule has 0 aromatic carbocycles. The highest BCUT2D eigenvalue weighted by Crippen LogP contribution is 2.13. The summed E-state index contributed by atoms with van der Waals surface area (Å²) < 4.78 is 17.2. The summed E-state index contributed by atoms with van der Waals surface area (Å²) >= 11 is 0. The number of aliphatic carboxylic acids is 1. The van der Waals surface area contributed by atoms with Crippen LogP contribution in [-0.2, 0) is 28.6 Å². The highest BCUT2D eigenvalue weighted by atomic mass is 16.6. The van der Waals surface area contributed by atoms with Crippen molar-refractivity contribution in [2.24, 2.45) is 0 Å². The van der Waals surface area contributed by atoms with Gasteiger partial charge in [-0.3, -0.25) is 9.59 Å². The minimum atomic E-state index is -0.893. The molecule has 0 aliphatic carbocycles. The van der Waals surface area contributed by atoms with Crippen LogP contribution in [0.1, 0.15) is 142 Å². The van der Waals surface area contributed by atoms with Gasteiger partial charge in [-0.25, -0.2) is 4.79 Å². The van der Waals surface area contributed by atoms with E-state index < -0.39 is 18.1 Å². The molecule has 8 heteroatoms. The second-order valence-electron chi connectivity index (χ2n) is 15.7. The van der Waals surface area contributed by atoms with E-state index in [0.29, 0.717) is 19.3 Å². The number of unbranched alkanes of at least 4 members (excludes halogenated alkanes) is 10. The van der Waals surface area contributed by atoms with Gasteiger partial charge in [0, 0.05) is 19.3 Å². The van der Waals surface area contributed by atoms with Crippen molar-refractivity contribution in [1.29, 1.82) is 0 Å². The van der Waals surface area contributed by atoms with Crippen molar-refractivity contribution in [2.75, 3.05) is 41.0 Å². The minimum Gasteiger partial charge on any atom is -0.477 e. The summed E-state index contributed by atoms with van der Waals surface area (Å²) in [6.45, 7) is 4.37. The Bertz CT molecular complexity index is 1330. The van der Waals surface area contributed by atoms with Gasteiger partial charge < -0.3 is 23.8 Å². The lowest BCUT2D eigenvalue weighted by Gasteiger charge is -2.31. The number of carboxylic acid groups (broad SMARTS) is 1. The van der Waals surface area contributed by atoms with Crippen molar-refractivity contribution in [3.05, 3.63) is 109 Å². The number of allylic oxidation sites excluding steroid dienone is 18. The summed E-state index contributed by atoms with van der Waals surface area (Å²) in [5.41, 5.74) is 0. The Kier molecular flexibility index (Phi) is 38.0. The largest absolute Gasteiger partial charge is 0.477 e. The first-order chi connectivity index (χ1) is 28.6. The maximum atomic E-state index is 12.7. The molecule has 0 saturated carbocycles. The predicted octanol–water partition coefficient (Wildman–Crippen LogP) is 12.5. The summed E-state index contributed by atoms with van der Waals surface area (Å²) in [4.78, 5) is 37.0. The molecule has 332 valence electrons. The van der Waals surface area contributed by atoms with Crippen LogP contribution in [0.15, 0.2) is 109 Å². The molecule has 1 N–H and O–H groups in total. The molecule has 0 radical (unpaired) electrons. The van der Waals surface area contributed by atoms with Gasteiger partial charge in [0.2, 0.25) is 0 Å². The van der Waals surface area contributed by atoms with Gasteiger partial charge in [-0.05, 0) is 64.2 Å². The summed E-state index contributed by atoms with van der Waals surface area (Å²) in [5.74, 6) is -1.59. The van der Waals surface area contributed by atoms with Crippen molar-refractivity contribution >= 4 is 17.9 Å². The molecule has 0 amide bonds. The zero-order valence-electron chi connectivity index (χ0n) is 37.7. The van der Waals surface area contributed by atoms with Crippen molar-refractivity contribution in [1.82, 2.24) is 0 Å². The Hall–Kier alpha value is -4.01. The molecule has 59 heavy (non-hydrogen) atoms. The lowest BCUT2D eigenvalue weighted by Crippen LogP contribution is -2.50. The van der Waals surface area contributed by atoms with E-state index in [-0.39, 0.29) is 42.7 Å². The maximum absolute atomic E-state index is 12.7. The molecule has 2 unspecified atom stereocenters. The van der Waals surface area contributed by atoms with E-state index in [2.05, 4.69) is 68.5 Å². The van der Waals surface area contributed by atoms with Crippen LogP contribution in [0.2, 0.25) is 0 Å². The second-order valence-corrected chi connectivity index (χ2v) is 15.7. The third-order valence-corrected chi connectivity index (χ3v) is 9.30. The molecule has 0 aromatic rings. The van der Waals surface area contributed by atoms with Crippen LogP contribution >= 0.6 is 0 Å². The molecular weight excluding hydrogens is 739 g/mol. The van der Waals surface area contributed by atoms with Crippen LogP contribution in [0.4, 0.5) is 0 Å². The monoisotopic (exact) mass is 821 g/mol. The average Bonchev–Trinajstić information content (AvgIpc) is 3.19. The van der Waals surface area contributed by atoms with Gasteiger partial charge >= 0.3 is 17.9 Å². The van der Waals surface area contributed by atoms with E-state index in [1.54, 1.807) is 0 Å². The maximum Gasteiger partial charge on any atom is 0.362 e. The Balaban J connectivity index is 4.37. The highest BCUT2D eigenvalue weighted by molar-refractivity contribution is 5.72. The molecule has 0 saturated heterocycles. The number of carbonyl (C=O) groups excluding carboxylic acids is 2. The first-order valence-corrected chi connectivity index (χ1v) is 22.5. The molecule has 0 rings (SSSR count). The zero-order chi connectivity index (χ0) is 43.5. The smallest absolute Gasteiger partial charge is 0.362 e. The molecule has 0 aliphatic heterocycles. The molecule has 2 atom stereocenters. The van der Waals surface area contributed by atoms with Crippen LogP contribution in [0.5, 0.6) is 0 Å². The fourth-order valence-corrected chi connectivity index (χ4v) is 5.88. The van der Waals surface area contributed by atoms with Gasteiger partial charge in [0.05, 0.1) is 34.4 Å². The van der Waals surface area contributed by atoms with Gasteiger partial charge in [0.15, 0.2) is 12.1 Å². The van der Waals surface area contributed by atoms with Gasteiger partial charge in [0.25, 0.3) is 0 Å². The topological polar surface area (TPSA) is 99.1 Å². The summed E-state index contributed by atoms with van der Waals surface area (Å²) in [6, 6.07) is -0.635. The van der Waals surface area contributed by atoms with E-state index in [9.17, 15) is 19.5 Å². The van der Waals surface area contributed by atoms with Crippen molar-refractivity contribution in [2.45, 2.75) is 154 Å². The molecule has 0 heterocycles. The SMILES string of the molecule is CC/C=C/C=C/C=C/C=C/C=C/CCCC(=O)OC(COCCC(C(=O)O)[N+](C)(C)C)COC(=O)CCCCCCCCCCC/C=C/C/C=C/C/C=C/C/C=C/CC. The Morgan fingerprint density at radius 2 is 1.00 bits per heavy atom. The fraction of sp³-hybridized carbons (Fsp3) is 0.588. The van der Waals surface area contributed by atoms with E-state index in [0.717, 1.165) is 64.2 Å². The van der Waals surface area contributed by atoms with Crippen molar-refractivity contribution in [3.8, 4) is 0 Å². The van der Waals surface area contributed by atoms with Crippen molar-refractivity contribution < 1.29 is 38.2 Å². The number of rotatable bonds is 38. The Labute approximate surface area is 359 Å². The van der Waals surface area contributed by atoms with Crippen LogP contribution in [0.25, 0.3) is 0 Å². The zero-order valence-corrected chi connectivity index (χ0v) is 37.7. The molecular formula is C51H82NO7+. The van der Waals surface area contributed by atoms with Gasteiger partial charge in [-0.2, -0.15) is 0 Å². The molecule has 0 aliphatic rings. The highest BCUT2D eigenvalue weighted by Gasteiger charge is 2.31. The average molecular weight is 821 g/mol. The van der Waals surface area contributed by atoms with E-state index in [4.69, 9.17) is 14.2 Å². The normalized spacial score (nSPS) is 14.0. The first kappa shape index (κ1) is 55.0. The minimum absolute atomic E-state index is 0.0230. The summed E-state index contributed by atoms with van der Waals surface area (Å²) in [7, 11) is 5.48. The van der Waals surface area contributed by atoms with E-state index >= 15 is 0 Å². The van der Waals surface area contributed by atoms with E-state index in [1.807, 2.05) is 75.8 Å². The standard InChI is InChI=1S/C51H81NO7/c1-6-8-10-12-14-16-18-20-21-22-23-24-25-26-27-28-30-31-33-35-37-39-41-49(53)58-46-47(45-57-44-43-48(51(55)56)52(3,4)5)59-50(54)42-40-38-36-34-32-29-19-17-15-13-11-9-7-2/h8-11,13-17,19-21,23-24,29,32,34,36,47-48H,6-7,12,18,22,25-28,30-31,33,35,37-46H2,1-5H3/p+1/b10-8+,11-9+,15-13+,16-14+,19-17+,21-20+,24-23+,32-29+,36-34+. The van der Waals surface area contributed by atoms with Crippen LogP contribution in [0, 0.1) is 0 Å². The van der Waals surface area contributed by atoms with Gasteiger partial charge in [-0.15, -0.1) is 0 Å². The molecule has 0 aromatic heterocycles. The predicted molar refractivity (Wildman–Crippen MR) is 247 cm³/mol. The fourth-order valence-electron chi connectivity index (χ4n) is 5.88. The lowest BCUT2D eigenvalue weighted by molar-refractivity contribution is -0.887. The first-order valence-electron chi connectivity index (χ1n) is 22.5. The number of quaternary nitrogens is 1. The van der Waals surface area contributed by atoms with E-state index in [1.165, 1.54) is 38.5 Å². The number of carboxylic acids is 1. The number of esters is 2. The van der Waals surface area contributed by atoms with Crippen molar-refractivity contribution in [3.63, 3.8) is 0 Å². The van der Waals surface area contributed by atoms with Gasteiger partial charge in [-0.1, -0.05) is 168 Å². The number of hydrogen-bond donors (Lipinski definition) is 1.